The summed E-state index contributed by atoms with van der Waals surface area (Å²) in [5, 5.41) is 3.85. The van der Waals surface area contributed by atoms with Crippen molar-refractivity contribution in [2.75, 3.05) is 26.3 Å². The summed E-state index contributed by atoms with van der Waals surface area (Å²) in [7, 11) is 0. The van der Waals surface area contributed by atoms with Crippen molar-refractivity contribution in [3.63, 3.8) is 0 Å². The molecule has 1 aromatic rings. The molecule has 2 fully saturated rings. The number of aromatic nitrogens is 1. The van der Waals surface area contributed by atoms with Gasteiger partial charge in [0.15, 0.2) is 5.79 Å². The van der Waals surface area contributed by atoms with Crippen LogP contribution in [0.5, 0.6) is 0 Å². The quantitative estimate of drug-likeness (QED) is 0.837. The van der Waals surface area contributed by atoms with Gasteiger partial charge < -0.3 is 14.0 Å². The molecule has 5 heteroatoms. The van der Waals surface area contributed by atoms with Gasteiger partial charge in [-0.1, -0.05) is 5.16 Å². The van der Waals surface area contributed by atoms with Crippen LogP contribution in [0.2, 0.25) is 0 Å². The zero-order valence-electron chi connectivity index (χ0n) is 11.7. The Kier molecular flexibility index (Phi) is 3.60. The van der Waals surface area contributed by atoms with Gasteiger partial charge in [0.1, 0.15) is 5.76 Å². The molecule has 1 atom stereocenters. The van der Waals surface area contributed by atoms with Gasteiger partial charge in [-0.2, -0.15) is 0 Å². The molecule has 19 heavy (non-hydrogen) atoms. The number of nitrogens with zero attached hydrogens (tertiary/aromatic N) is 2. The summed E-state index contributed by atoms with van der Waals surface area (Å²) in [5.41, 5.74) is 1.18. The van der Waals surface area contributed by atoms with E-state index >= 15 is 0 Å². The molecule has 2 aliphatic rings. The lowest BCUT2D eigenvalue weighted by Crippen LogP contribution is -2.46. The fraction of sp³-hybridized carbons (Fsp3) is 0.786. The van der Waals surface area contributed by atoms with Crippen LogP contribution in [0, 0.1) is 12.8 Å². The highest BCUT2D eigenvalue weighted by atomic mass is 16.7. The van der Waals surface area contributed by atoms with E-state index in [0.29, 0.717) is 5.92 Å². The molecule has 2 saturated heterocycles. The summed E-state index contributed by atoms with van der Waals surface area (Å²) in [6, 6.07) is 0. The van der Waals surface area contributed by atoms with E-state index in [9.17, 15) is 0 Å². The second-order valence-corrected chi connectivity index (χ2v) is 5.69. The van der Waals surface area contributed by atoms with Crippen molar-refractivity contribution in [3.05, 3.63) is 17.5 Å². The van der Waals surface area contributed by atoms with Gasteiger partial charge >= 0.3 is 0 Å². The summed E-state index contributed by atoms with van der Waals surface area (Å²) in [4.78, 5) is 2.45. The molecular formula is C14H22N2O3. The van der Waals surface area contributed by atoms with Crippen molar-refractivity contribution in [2.24, 2.45) is 5.92 Å². The first-order chi connectivity index (χ1) is 9.17. The Bertz CT molecular complexity index is 426. The van der Waals surface area contributed by atoms with Crippen molar-refractivity contribution in [1.29, 1.82) is 0 Å². The zero-order chi connectivity index (χ0) is 13.3. The Balaban J connectivity index is 1.63. The molecule has 1 aromatic heterocycles. The summed E-state index contributed by atoms with van der Waals surface area (Å²) < 4.78 is 16.7. The van der Waals surface area contributed by atoms with Crippen LogP contribution in [-0.4, -0.2) is 42.1 Å². The SMILES string of the molecule is Cc1oncc1CN1CCCC(C2(C)OCCO2)C1. The minimum Gasteiger partial charge on any atom is -0.361 e. The van der Waals surface area contributed by atoms with E-state index in [4.69, 9.17) is 14.0 Å². The van der Waals surface area contributed by atoms with Crippen molar-refractivity contribution in [3.8, 4) is 0 Å². The van der Waals surface area contributed by atoms with Gasteiger partial charge in [-0.3, -0.25) is 4.90 Å². The Hall–Kier alpha value is -0.910. The number of aryl methyl sites for hydroxylation is 1. The molecule has 0 radical (unpaired) electrons. The predicted octanol–water partition coefficient (Wildman–Crippen LogP) is 1.96. The van der Waals surface area contributed by atoms with Crippen LogP contribution in [0.1, 0.15) is 31.1 Å². The first-order valence-corrected chi connectivity index (χ1v) is 7.08. The lowest BCUT2D eigenvalue weighted by molar-refractivity contribution is -0.192. The number of ether oxygens (including phenoxy) is 2. The molecule has 2 aliphatic heterocycles. The van der Waals surface area contributed by atoms with Crippen LogP contribution in [-0.2, 0) is 16.0 Å². The summed E-state index contributed by atoms with van der Waals surface area (Å²) in [6.07, 6.45) is 4.19. The Morgan fingerprint density at radius 2 is 2.21 bits per heavy atom. The first-order valence-electron chi connectivity index (χ1n) is 7.08. The molecule has 0 N–H and O–H groups in total. The van der Waals surface area contributed by atoms with Crippen LogP contribution in [0.3, 0.4) is 0 Å². The molecule has 0 aliphatic carbocycles. The fourth-order valence-electron chi connectivity index (χ4n) is 3.10. The highest BCUT2D eigenvalue weighted by molar-refractivity contribution is 5.11. The minimum atomic E-state index is -0.387. The maximum Gasteiger partial charge on any atom is 0.169 e. The van der Waals surface area contributed by atoms with Crippen molar-refractivity contribution >= 4 is 0 Å². The predicted molar refractivity (Wildman–Crippen MR) is 69.6 cm³/mol. The molecule has 1 unspecified atom stereocenters. The van der Waals surface area contributed by atoms with Crippen molar-refractivity contribution < 1.29 is 14.0 Å². The highest BCUT2D eigenvalue weighted by Crippen LogP contribution is 2.34. The fourth-order valence-corrected chi connectivity index (χ4v) is 3.10. The summed E-state index contributed by atoms with van der Waals surface area (Å²) >= 11 is 0. The number of rotatable bonds is 3. The van der Waals surface area contributed by atoms with E-state index in [1.165, 1.54) is 18.4 Å². The van der Waals surface area contributed by atoms with Gasteiger partial charge in [0, 0.05) is 24.6 Å². The highest BCUT2D eigenvalue weighted by Gasteiger charge is 2.41. The van der Waals surface area contributed by atoms with E-state index in [0.717, 1.165) is 38.6 Å². The smallest absolute Gasteiger partial charge is 0.169 e. The molecule has 3 heterocycles. The molecule has 0 bridgehead atoms. The largest absolute Gasteiger partial charge is 0.361 e. The van der Waals surface area contributed by atoms with Gasteiger partial charge in [-0.15, -0.1) is 0 Å². The standard InChI is InChI=1S/C14H22N2O3/c1-11-12(8-15-19-11)9-16-5-3-4-13(10-16)14(2)17-6-7-18-14/h8,13H,3-7,9-10H2,1-2H3. The van der Waals surface area contributed by atoms with Crippen LogP contribution >= 0.6 is 0 Å². The maximum absolute atomic E-state index is 5.81. The molecule has 0 spiro atoms. The van der Waals surface area contributed by atoms with E-state index in [2.05, 4.69) is 17.0 Å². The van der Waals surface area contributed by atoms with E-state index in [1.54, 1.807) is 0 Å². The van der Waals surface area contributed by atoms with Crippen molar-refractivity contribution in [2.45, 2.75) is 39.0 Å². The van der Waals surface area contributed by atoms with Gasteiger partial charge in [-0.25, -0.2) is 0 Å². The topological polar surface area (TPSA) is 47.7 Å². The van der Waals surface area contributed by atoms with Crippen LogP contribution in [0.15, 0.2) is 10.7 Å². The average molecular weight is 266 g/mol. The Morgan fingerprint density at radius 3 is 2.89 bits per heavy atom. The summed E-state index contributed by atoms with van der Waals surface area (Å²) in [6.45, 7) is 8.53. The second kappa shape index (κ2) is 5.23. The van der Waals surface area contributed by atoms with E-state index in [-0.39, 0.29) is 5.79 Å². The van der Waals surface area contributed by atoms with Crippen LogP contribution < -0.4 is 0 Å². The monoisotopic (exact) mass is 266 g/mol. The lowest BCUT2D eigenvalue weighted by atomic mass is 9.90. The van der Waals surface area contributed by atoms with Gasteiger partial charge in [0.2, 0.25) is 0 Å². The number of piperidine rings is 1. The van der Waals surface area contributed by atoms with E-state index in [1.807, 2.05) is 13.1 Å². The van der Waals surface area contributed by atoms with Crippen LogP contribution in [0.25, 0.3) is 0 Å². The van der Waals surface area contributed by atoms with Gasteiger partial charge in [-0.05, 0) is 33.2 Å². The third kappa shape index (κ3) is 2.68. The summed E-state index contributed by atoms with van der Waals surface area (Å²) in [5.74, 6) is 0.980. The van der Waals surface area contributed by atoms with Crippen molar-refractivity contribution in [1.82, 2.24) is 10.1 Å². The average Bonchev–Trinajstić information content (AvgIpc) is 3.01. The zero-order valence-corrected chi connectivity index (χ0v) is 11.7. The number of likely N-dealkylation sites (tertiary alicyclic amines) is 1. The molecule has 0 saturated carbocycles. The lowest BCUT2D eigenvalue weighted by Gasteiger charge is -2.39. The Labute approximate surface area is 113 Å². The second-order valence-electron chi connectivity index (χ2n) is 5.69. The maximum atomic E-state index is 5.81. The molecule has 5 nitrogen and oxygen atoms in total. The molecular weight excluding hydrogens is 244 g/mol. The Morgan fingerprint density at radius 1 is 1.42 bits per heavy atom. The molecule has 3 rings (SSSR count). The third-order valence-electron chi connectivity index (χ3n) is 4.35. The van der Waals surface area contributed by atoms with E-state index < -0.39 is 0 Å². The molecule has 106 valence electrons. The third-order valence-corrected chi connectivity index (χ3v) is 4.35. The van der Waals surface area contributed by atoms with Gasteiger partial charge in [0.25, 0.3) is 0 Å². The van der Waals surface area contributed by atoms with Gasteiger partial charge in [0.05, 0.1) is 19.4 Å². The normalized spacial score (nSPS) is 27.8. The molecule has 0 aromatic carbocycles. The number of hydrogen-bond donors (Lipinski definition) is 0. The minimum absolute atomic E-state index is 0.387. The van der Waals surface area contributed by atoms with Crippen LogP contribution in [0.4, 0.5) is 0 Å². The number of hydrogen-bond acceptors (Lipinski definition) is 5. The molecule has 0 amide bonds. The first kappa shape index (κ1) is 13.1.